The van der Waals surface area contributed by atoms with E-state index in [9.17, 15) is 0 Å². The van der Waals surface area contributed by atoms with E-state index in [-0.39, 0.29) is 6.04 Å². The summed E-state index contributed by atoms with van der Waals surface area (Å²) in [6.45, 7) is 2.00. The van der Waals surface area contributed by atoms with Crippen LogP contribution in [0, 0.1) is 0 Å². The summed E-state index contributed by atoms with van der Waals surface area (Å²) in [6, 6.07) is 1.85. The van der Waals surface area contributed by atoms with Crippen molar-refractivity contribution in [2.45, 2.75) is 13.0 Å². The smallest absolute Gasteiger partial charge is 0.198 e. The molecule has 7 heteroatoms. The lowest BCUT2D eigenvalue weighted by Crippen LogP contribution is -2.11. The fourth-order valence-corrected chi connectivity index (χ4v) is 1.91. The van der Waals surface area contributed by atoms with Crippen molar-refractivity contribution >= 4 is 17.2 Å². The molecular formula is C10H9ClN6. The highest BCUT2D eigenvalue weighted by atomic mass is 35.5. The molecule has 0 aliphatic rings. The molecule has 86 valence electrons. The Labute approximate surface area is 102 Å². The molecule has 0 aliphatic carbocycles. The first-order valence-corrected chi connectivity index (χ1v) is 5.49. The van der Waals surface area contributed by atoms with E-state index >= 15 is 0 Å². The van der Waals surface area contributed by atoms with Gasteiger partial charge in [-0.1, -0.05) is 11.6 Å². The van der Waals surface area contributed by atoms with Crippen LogP contribution in [0.15, 0.2) is 30.9 Å². The van der Waals surface area contributed by atoms with Crippen LogP contribution in [0.25, 0.3) is 5.65 Å². The van der Waals surface area contributed by atoms with Crippen LogP contribution in [0.4, 0.5) is 0 Å². The van der Waals surface area contributed by atoms with Crippen molar-refractivity contribution in [3.05, 3.63) is 41.8 Å². The molecule has 3 rings (SSSR count). The molecular weight excluding hydrogens is 240 g/mol. The SMILES string of the molecule is CC(c1nnc2c(Cl)nccn12)n1cccn1. The van der Waals surface area contributed by atoms with Crippen LogP contribution in [-0.2, 0) is 0 Å². The Balaban J connectivity index is 2.15. The third kappa shape index (κ3) is 1.57. The number of aromatic nitrogens is 6. The van der Waals surface area contributed by atoms with Crippen LogP contribution in [0.5, 0.6) is 0 Å². The number of fused-ring (bicyclic) bond motifs is 1. The molecule has 3 aromatic heterocycles. The van der Waals surface area contributed by atoms with Gasteiger partial charge in [-0.3, -0.25) is 9.08 Å². The van der Waals surface area contributed by atoms with E-state index in [1.807, 2.05) is 28.3 Å². The highest BCUT2D eigenvalue weighted by Gasteiger charge is 2.16. The van der Waals surface area contributed by atoms with Crippen LogP contribution < -0.4 is 0 Å². The minimum atomic E-state index is -0.0153. The summed E-state index contributed by atoms with van der Waals surface area (Å²) in [4.78, 5) is 3.96. The van der Waals surface area contributed by atoms with Gasteiger partial charge >= 0.3 is 0 Å². The van der Waals surface area contributed by atoms with E-state index in [1.165, 1.54) is 0 Å². The lowest BCUT2D eigenvalue weighted by molar-refractivity contribution is 0.531. The second kappa shape index (κ2) is 3.81. The predicted octanol–water partition coefficient (Wildman–Crippen LogP) is 1.58. The Hall–Kier alpha value is -1.95. The first-order chi connectivity index (χ1) is 8.27. The van der Waals surface area contributed by atoms with Gasteiger partial charge in [-0.25, -0.2) is 4.98 Å². The number of rotatable bonds is 2. The lowest BCUT2D eigenvalue weighted by atomic mass is 10.3. The van der Waals surface area contributed by atoms with Crippen LogP contribution in [0.3, 0.4) is 0 Å². The van der Waals surface area contributed by atoms with Gasteiger partial charge in [-0.05, 0) is 13.0 Å². The molecule has 0 saturated carbocycles. The van der Waals surface area contributed by atoms with E-state index in [4.69, 9.17) is 11.6 Å². The molecule has 6 nitrogen and oxygen atoms in total. The molecule has 0 aliphatic heterocycles. The summed E-state index contributed by atoms with van der Waals surface area (Å²) < 4.78 is 3.63. The van der Waals surface area contributed by atoms with E-state index in [2.05, 4.69) is 20.3 Å². The summed E-state index contributed by atoms with van der Waals surface area (Å²) in [5.41, 5.74) is 0.558. The monoisotopic (exact) mass is 248 g/mol. The van der Waals surface area contributed by atoms with Gasteiger partial charge in [0.15, 0.2) is 16.6 Å². The van der Waals surface area contributed by atoms with E-state index in [0.717, 1.165) is 5.82 Å². The molecule has 0 fully saturated rings. The van der Waals surface area contributed by atoms with Gasteiger partial charge in [0.25, 0.3) is 0 Å². The van der Waals surface area contributed by atoms with E-state index < -0.39 is 0 Å². The Bertz CT molecular complexity index is 644. The van der Waals surface area contributed by atoms with Crippen molar-refractivity contribution in [1.29, 1.82) is 0 Å². The van der Waals surface area contributed by atoms with Crippen molar-refractivity contribution in [3.8, 4) is 0 Å². The summed E-state index contributed by atoms with van der Waals surface area (Å²) in [5, 5.41) is 12.7. The van der Waals surface area contributed by atoms with Crippen LogP contribution >= 0.6 is 11.6 Å². The zero-order chi connectivity index (χ0) is 11.8. The first-order valence-electron chi connectivity index (χ1n) is 5.11. The standard InChI is InChI=1S/C10H9ClN6/c1-7(17-5-2-3-13-17)9-14-15-10-8(11)12-4-6-16(9)10/h2-7H,1H3. The van der Waals surface area contributed by atoms with E-state index in [1.54, 1.807) is 18.6 Å². The summed E-state index contributed by atoms with van der Waals surface area (Å²) in [5.74, 6) is 0.771. The van der Waals surface area contributed by atoms with Gasteiger partial charge < -0.3 is 0 Å². The number of hydrogen-bond donors (Lipinski definition) is 0. The summed E-state index contributed by atoms with van der Waals surface area (Å²) >= 11 is 5.94. The Morgan fingerprint density at radius 2 is 2.12 bits per heavy atom. The normalized spacial score (nSPS) is 13.1. The van der Waals surface area contributed by atoms with Gasteiger partial charge in [-0.2, -0.15) is 5.10 Å². The van der Waals surface area contributed by atoms with Gasteiger partial charge in [0, 0.05) is 24.8 Å². The van der Waals surface area contributed by atoms with E-state index in [0.29, 0.717) is 10.8 Å². The van der Waals surface area contributed by atoms with Crippen molar-refractivity contribution in [2.24, 2.45) is 0 Å². The van der Waals surface area contributed by atoms with Crippen LogP contribution in [0.2, 0.25) is 5.15 Å². The predicted molar refractivity (Wildman–Crippen MR) is 61.8 cm³/mol. The maximum atomic E-state index is 5.94. The molecule has 0 aromatic carbocycles. The highest BCUT2D eigenvalue weighted by Crippen LogP contribution is 2.18. The molecule has 0 bridgehead atoms. The zero-order valence-corrected chi connectivity index (χ0v) is 9.78. The van der Waals surface area contributed by atoms with Gasteiger partial charge in [0.2, 0.25) is 0 Å². The average molecular weight is 249 g/mol. The van der Waals surface area contributed by atoms with Gasteiger partial charge in [-0.15, -0.1) is 10.2 Å². The Morgan fingerprint density at radius 3 is 2.88 bits per heavy atom. The molecule has 0 spiro atoms. The molecule has 1 unspecified atom stereocenters. The maximum absolute atomic E-state index is 5.94. The topological polar surface area (TPSA) is 60.9 Å². The third-order valence-electron chi connectivity index (χ3n) is 2.61. The van der Waals surface area contributed by atoms with Crippen molar-refractivity contribution in [3.63, 3.8) is 0 Å². The quantitative estimate of drug-likeness (QED) is 0.691. The van der Waals surface area contributed by atoms with Crippen molar-refractivity contribution in [1.82, 2.24) is 29.4 Å². The Morgan fingerprint density at radius 1 is 1.24 bits per heavy atom. The third-order valence-corrected chi connectivity index (χ3v) is 2.87. The minimum Gasteiger partial charge on any atom is -0.280 e. The highest BCUT2D eigenvalue weighted by molar-refractivity contribution is 6.32. The minimum absolute atomic E-state index is 0.0153. The molecule has 3 heterocycles. The van der Waals surface area contributed by atoms with Crippen LogP contribution in [-0.4, -0.2) is 29.4 Å². The Kier molecular flexibility index (Phi) is 2.29. The average Bonchev–Trinajstić information content (AvgIpc) is 2.98. The second-order valence-electron chi connectivity index (χ2n) is 3.63. The fourth-order valence-electron chi connectivity index (χ4n) is 1.73. The second-order valence-corrected chi connectivity index (χ2v) is 3.99. The molecule has 0 amide bonds. The summed E-state index contributed by atoms with van der Waals surface area (Å²) in [7, 11) is 0. The number of hydrogen-bond acceptors (Lipinski definition) is 4. The molecule has 0 N–H and O–H groups in total. The zero-order valence-electron chi connectivity index (χ0n) is 9.03. The first kappa shape index (κ1) is 10.2. The molecule has 1 atom stereocenters. The largest absolute Gasteiger partial charge is 0.280 e. The van der Waals surface area contributed by atoms with Crippen molar-refractivity contribution < 1.29 is 0 Å². The number of nitrogens with zero attached hydrogens (tertiary/aromatic N) is 6. The molecule has 17 heavy (non-hydrogen) atoms. The van der Waals surface area contributed by atoms with Crippen molar-refractivity contribution in [2.75, 3.05) is 0 Å². The molecule has 3 aromatic rings. The fraction of sp³-hybridized carbons (Fsp3) is 0.200. The lowest BCUT2D eigenvalue weighted by Gasteiger charge is -2.09. The maximum Gasteiger partial charge on any atom is 0.198 e. The van der Waals surface area contributed by atoms with Gasteiger partial charge in [0.05, 0.1) is 0 Å². The summed E-state index contributed by atoms with van der Waals surface area (Å²) in [6.07, 6.45) is 7.03. The number of halogens is 1. The van der Waals surface area contributed by atoms with Gasteiger partial charge in [0.1, 0.15) is 6.04 Å². The molecule has 0 saturated heterocycles. The molecule has 0 radical (unpaired) electrons. The van der Waals surface area contributed by atoms with Crippen LogP contribution in [0.1, 0.15) is 18.8 Å².